The Balaban J connectivity index is 1.48. The van der Waals surface area contributed by atoms with Gasteiger partial charge in [0.1, 0.15) is 19.8 Å². The van der Waals surface area contributed by atoms with Crippen molar-refractivity contribution < 1.29 is 31.1 Å². The van der Waals surface area contributed by atoms with E-state index in [1.165, 1.54) is 43.3 Å². The summed E-state index contributed by atoms with van der Waals surface area (Å²) in [5.41, 5.74) is 0.781. The van der Waals surface area contributed by atoms with Gasteiger partial charge in [-0.3, -0.25) is 13.8 Å². The molecule has 1 amide bonds. The monoisotopic (exact) mass is 565 g/mol. The second-order valence-electron chi connectivity index (χ2n) is 7.89. The number of hydrogen-bond donors (Lipinski definition) is 2. The van der Waals surface area contributed by atoms with Gasteiger partial charge in [0.05, 0.1) is 27.0 Å². The summed E-state index contributed by atoms with van der Waals surface area (Å²) in [6.45, 7) is 1.71. The average Bonchev–Trinajstić information content (AvgIpc) is 2.88. The molecule has 0 bridgehead atoms. The van der Waals surface area contributed by atoms with Gasteiger partial charge in [-0.25, -0.2) is 16.8 Å². The van der Waals surface area contributed by atoms with Gasteiger partial charge >= 0.3 is 0 Å². The normalized spacial score (nSPS) is 13.0. The highest BCUT2D eigenvalue weighted by Gasteiger charge is 2.25. The van der Waals surface area contributed by atoms with Crippen molar-refractivity contribution in [3.05, 3.63) is 71.8 Å². The van der Waals surface area contributed by atoms with Gasteiger partial charge in [-0.1, -0.05) is 23.7 Å². The number of anilines is 3. The van der Waals surface area contributed by atoms with E-state index in [1.54, 1.807) is 30.3 Å². The third kappa shape index (κ3) is 6.27. The Kier molecular flexibility index (Phi) is 7.81. The SMILES string of the molecule is CCS(=O)(=O)N(CC(=O)Nc1ccc(S(=O)(=O)Nc2ccccc2Cl)cc1)c1ccc2c(c1)OCCO2. The topological polar surface area (TPSA) is 131 Å². The highest BCUT2D eigenvalue weighted by Crippen LogP contribution is 2.35. The van der Waals surface area contributed by atoms with Crippen LogP contribution in [0.2, 0.25) is 5.02 Å². The molecular weight excluding hydrogens is 542 g/mol. The van der Waals surface area contributed by atoms with Crippen LogP contribution in [0.3, 0.4) is 0 Å². The van der Waals surface area contributed by atoms with Crippen molar-refractivity contribution in [2.75, 3.05) is 39.9 Å². The first-order valence-electron chi connectivity index (χ1n) is 11.2. The molecule has 0 aromatic heterocycles. The Morgan fingerprint density at radius 1 is 0.946 bits per heavy atom. The van der Waals surface area contributed by atoms with E-state index in [1.807, 2.05) is 0 Å². The summed E-state index contributed by atoms with van der Waals surface area (Å²) < 4.78 is 65.3. The molecule has 0 saturated heterocycles. The molecule has 1 heterocycles. The molecule has 0 aliphatic carbocycles. The van der Waals surface area contributed by atoms with E-state index in [-0.39, 0.29) is 32.7 Å². The molecule has 2 N–H and O–H groups in total. The number of nitrogens with zero attached hydrogens (tertiary/aromatic N) is 1. The molecule has 4 rings (SSSR count). The fraction of sp³-hybridized carbons (Fsp3) is 0.208. The summed E-state index contributed by atoms with van der Waals surface area (Å²) in [5, 5.41) is 2.85. The quantitative estimate of drug-likeness (QED) is 0.404. The molecule has 0 saturated carbocycles. The molecule has 1 aliphatic heterocycles. The summed E-state index contributed by atoms with van der Waals surface area (Å²) >= 11 is 6.03. The Morgan fingerprint density at radius 2 is 1.62 bits per heavy atom. The van der Waals surface area contributed by atoms with Crippen LogP contribution in [0.25, 0.3) is 0 Å². The molecule has 196 valence electrons. The molecule has 0 atom stereocenters. The summed E-state index contributed by atoms with van der Waals surface area (Å²) in [7, 11) is -7.73. The van der Waals surface area contributed by atoms with Gasteiger partial charge in [0.2, 0.25) is 15.9 Å². The number of amides is 1. The van der Waals surface area contributed by atoms with Crippen LogP contribution in [0.4, 0.5) is 17.1 Å². The molecule has 13 heteroatoms. The maximum atomic E-state index is 12.8. The lowest BCUT2D eigenvalue weighted by atomic mass is 10.2. The van der Waals surface area contributed by atoms with Crippen molar-refractivity contribution in [2.24, 2.45) is 0 Å². The third-order valence-electron chi connectivity index (χ3n) is 5.37. The highest BCUT2D eigenvalue weighted by molar-refractivity contribution is 7.93. The molecule has 0 fully saturated rings. The van der Waals surface area contributed by atoms with Gasteiger partial charge in [-0.05, 0) is 55.5 Å². The number of ether oxygens (including phenoxy) is 2. The van der Waals surface area contributed by atoms with Crippen molar-refractivity contribution in [1.82, 2.24) is 0 Å². The van der Waals surface area contributed by atoms with Gasteiger partial charge < -0.3 is 14.8 Å². The summed E-state index contributed by atoms with van der Waals surface area (Å²) in [5.74, 6) is 0.0476. The molecule has 10 nitrogen and oxygen atoms in total. The van der Waals surface area contributed by atoms with Crippen LogP contribution >= 0.6 is 11.6 Å². The fourth-order valence-corrected chi connectivity index (χ4v) is 5.87. The zero-order valence-electron chi connectivity index (χ0n) is 19.7. The Labute approximate surface area is 220 Å². The first kappa shape index (κ1) is 26.6. The predicted molar refractivity (Wildman–Crippen MR) is 142 cm³/mol. The van der Waals surface area contributed by atoms with Gasteiger partial charge in [-0.15, -0.1) is 0 Å². The van der Waals surface area contributed by atoms with E-state index in [0.29, 0.717) is 24.7 Å². The van der Waals surface area contributed by atoms with Crippen molar-refractivity contribution in [2.45, 2.75) is 11.8 Å². The summed E-state index contributed by atoms with van der Waals surface area (Å²) in [6.07, 6.45) is 0. The zero-order chi connectivity index (χ0) is 26.6. The van der Waals surface area contributed by atoms with Gasteiger partial charge in [-0.2, -0.15) is 0 Å². The number of carbonyl (C=O) groups is 1. The Morgan fingerprint density at radius 3 is 2.30 bits per heavy atom. The number of rotatable bonds is 9. The Bertz CT molecular complexity index is 1510. The molecular formula is C24H24ClN3O7S2. The smallest absolute Gasteiger partial charge is 0.261 e. The van der Waals surface area contributed by atoms with Crippen LogP contribution in [0.1, 0.15) is 6.92 Å². The molecule has 0 unspecified atom stereocenters. The minimum absolute atomic E-state index is 0.0446. The van der Waals surface area contributed by atoms with Crippen molar-refractivity contribution in [1.29, 1.82) is 0 Å². The van der Waals surface area contributed by atoms with Crippen LogP contribution in [0.5, 0.6) is 11.5 Å². The number of halogens is 1. The standard InChI is InChI=1S/C24H24ClN3O7S2/c1-2-36(30,31)28(18-9-12-22-23(15-18)35-14-13-34-22)16-24(29)26-17-7-10-19(11-8-17)37(32,33)27-21-6-4-3-5-20(21)25/h3-12,15,27H,2,13-14,16H2,1H3,(H,26,29). The fourth-order valence-electron chi connectivity index (χ4n) is 3.49. The minimum atomic E-state index is -3.92. The van der Waals surface area contributed by atoms with E-state index in [4.69, 9.17) is 21.1 Å². The van der Waals surface area contributed by atoms with Crippen LogP contribution in [-0.2, 0) is 24.8 Å². The number of hydrogen-bond acceptors (Lipinski definition) is 7. The van der Waals surface area contributed by atoms with Crippen LogP contribution in [0.15, 0.2) is 71.6 Å². The third-order valence-corrected chi connectivity index (χ3v) is 8.82. The maximum absolute atomic E-state index is 12.8. The summed E-state index contributed by atoms with van der Waals surface area (Å²) in [4.78, 5) is 12.7. The Hall–Kier alpha value is -3.48. The maximum Gasteiger partial charge on any atom is 0.261 e. The number of para-hydroxylation sites is 1. The van der Waals surface area contributed by atoms with E-state index in [0.717, 1.165) is 4.31 Å². The molecule has 0 spiro atoms. The number of fused-ring (bicyclic) bond motifs is 1. The molecule has 3 aromatic carbocycles. The lowest BCUT2D eigenvalue weighted by Gasteiger charge is -2.25. The first-order chi connectivity index (χ1) is 17.6. The average molecular weight is 566 g/mol. The first-order valence-corrected chi connectivity index (χ1v) is 14.6. The van der Waals surface area contributed by atoms with Crippen LogP contribution in [0, 0.1) is 0 Å². The second kappa shape index (κ2) is 10.9. The molecule has 1 aliphatic rings. The van der Waals surface area contributed by atoms with Crippen LogP contribution in [-0.4, -0.2) is 48.3 Å². The van der Waals surface area contributed by atoms with E-state index >= 15 is 0 Å². The van der Waals surface area contributed by atoms with Gasteiger partial charge in [0.25, 0.3) is 10.0 Å². The van der Waals surface area contributed by atoms with E-state index < -0.39 is 32.5 Å². The van der Waals surface area contributed by atoms with Gasteiger partial charge in [0.15, 0.2) is 11.5 Å². The van der Waals surface area contributed by atoms with Gasteiger partial charge in [0, 0.05) is 11.8 Å². The van der Waals surface area contributed by atoms with Crippen molar-refractivity contribution in [3.8, 4) is 11.5 Å². The lowest BCUT2D eigenvalue weighted by molar-refractivity contribution is -0.114. The van der Waals surface area contributed by atoms with E-state index in [9.17, 15) is 21.6 Å². The highest BCUT2D eigenvalue weighted by atomic mass is 35.5. The molecule has 3 aromatic rings. The number of benzene rings is 3. The largest absolute Gasteiger partial charge is 0.486 e. The summed E-state index contributed by atoms with van der Waals surface area (Å²) in [6, 6.07) is 16.5. The second-order valence-corrected chi connectivity index (χ2v) is 12.2. The number of carbonyl (C=O) groups excluding carboxylic acids is 1. The van der Waals surface area contributed by atoms with Crippen molar-refractivity contribution >= 4 is 54.6 Å². The predicted octanol–water partition coefficient (Wildman–Crippen LogP) is 3.71. The zero-order valence-corrected chi connectivity index (χ0v) is 22.1. The van der Waals surface area contributed by atoms with E-state index in [2.05, 4.69) is 10.0 Å². The molecule has 0 radical (unpaired) electrons. The van der Waals surface area contributed by atoms with Crippen LogP contribution < -0.4 is 23.8 Å². The number of nitrogens with one attached hydrogen (secondary N) is 2. The van der Waals surface area contributed by atoms with Crippen molar-refractivity contribution in [3.63, 3.8) is 0 Å². The molecule has 37 heavy (non-hydrogen) atoms. The number of sulfonamides is 2. The minimum Gasteiger partial charge on any atom is -0.486 e. The lowest BCUT2D eigenvalue weighted by Crippen LogP contribution is -2.39.